The van der Waals surface area contributed by atoms with Crippen molar-refractivity contribution in [3.63, 3.8) is 0 Å². The second-order valence-electron chi connectivity index (χ2n) is 6.88. The van der Waals surface area contributed by atoms with Gasteiger partial charge in [0.2, 0.25) is 12.2 Å². The van der Waals surface area contributed by atoms with E-state index in [0.717, 1.165) is 5.56 Å². The van der Waals surface area contributed by atoms with Crippen LogP contribution in [0, 0.1) is 12.7 Å². The van der Waals surface area contributed by atoms with Crippen LogP contribution in [-0.2, 0) is 0 Å². The Kier molecular flexibility index (Phi) is 5.07. The minimum absolute atomic E-state index is 0.0989. The zero-order valence-corrected chi connectivity index (χ0v) is 15.8. The van der Waals surface area contributed by atoms with Crippen LogP contribution in [0.5, 0.6) is 0 Å². The van der Waals surface area contributed by atoms with E-state index in [9.17, 15) is 14.0 Å². The van der Waals surface area contributed by atoms with Crippen LogP contribution in [0.4, 0.5) is 4.39 Å². The zero-order chi connectivity index (χ0) is 20.4. The highest BCUT2D eigenvalue weighted by Gasteiger charge is 2.26. The first-order valence-corrected chi connectivity index (χ1v) is 9.24. The Morgan fingerprint density at radius 3 is 2.07 bits per heavy atom. The van der Waals surface area contributed by atoms with Gasteiger partial charge in [-0.15, -0.1) is 0 Å². The number of benzene rings is 2. The molecule has 2 heterocycles. The highest BCUT2D eigenvalue weighted by molar-refractivity contribution is 5.96. The van der Waals surface area contributed by atoms with Crippen molar-refractivity contribution in [2.45, 2.75) is 6.92 Å². The van der Waals surface area contributed by atoms with Crippen molar-refractivity contribution < 1.29 is 18.5 Å². The molecule has 8 heteroatoms. The molecule has 1 aromatic heterocycles. The first kappa shape index (κ1) is 18.8. The number of amides is 2. The highest BCUT2D eigenvalue weighted by atomic mass is 19.1. The molecule has 3 aromatic rings. The summed E-state index contributed by atoms with van der Waals surface area (Å²) in [5, 5.41) is 3.77. The van der Waals surface area contributed by atoms with Gasteiger partial charge in [-0.3, -0.25) is 9.59 Å². The molecule has 1 fully saturated rings. The highest BCUT2D eigenvalue weighted by Crippen LogP contribution is 2.18. The Hall–Kier alpha value is -3.55. The Morgan fingerprint density at radius 2 is 1.52 bits per heavy atom. The maximum Gasteiger partial charge on any atom is 0.254 e. The molecule has 2 amide bonds. The second-order valence-corrected chi connectivity index (χ2v) is 6.88. The average Bonchev–Trinajstić information content (AvgIpc) is 3.30. The summed E-state index contributed by atoms with van der Waals surface area (Å²) in [4.78, 5) is 32.7. The Bertz CT molecular complexity index is 1030. The van der Waals surface area contributed by atoms with Crippen molar-refractivity contribution >= 4 is 11.8 Å². The number of hydrogen-bond acceptors (Lipinski definition) is 5. The van der Waals surface area contributed by atoms with Crippen molar-refractivity contribution in [2.75, 3.05) is 26.2 Å². The van der Waals surface area contributed by atoms with Gasteiger partial charge in [0.15, 0.2) is 0 Å². The number of rotatable bonds is 3. The molecule has 148 valence electrons. The normalized spacial score (nSPS) is 14.1. The van der Waals surface area contributed by atoms with E-state index in [1.54, 1.807) is 53.1 Å². The van der Waals surface area contributed by atoms with Crippen LogP contribution < -0.4 is 0 Å². The molecule has 0 atom stereocenters. The fraction of sp³-hybridized carbons (Fsp3) is 0.238. The van der Waals surface area contributed by atoms with Gasteiger partial charge in [0.1, 0.15) is 5.82 Å². The van der Waals surface area contributed by atoms with Crippen LogP contribution >= 0.6 is 0 Å². The van der Waals surface area contributed by atoms with Gasteiger partial charge in [-0.1, -0.05) is 23.4 Å². The topological polar surface area (TPSA) is 79.5 Å². The summed E-state index contributed by atoms with van der Waals surface area (Å²) >= 11 is 0. The third-order valence-electron chi connectivity index (χ3n) is 5.02. The fourth-order valence-electron chi connectivity index (χ4n) is 3.26. The number of carbonyl (C=O) groups is 2. The van der Waals surface area contributed by atoms with Crippen LogP contribution in [0.1, 0.15) is 26.3 Å². The van der Waals surface area contributed by atoms with Crippen molar-refractivity contribution in [3.8, 4) is 11.4 Å². The molecule has 4 rings (SSSR count). The van der Waals surface area contributed by atoms with Gasteiger partial charge in [-0.25, -0.2) is 4.39 Å². The SMILES string of the molecule is Cc1ccc(C(=O)N2CCN(C(=O)c3ccc(-c4ncon4)cc3)CC2)cc1F. The first-order chi connectivity index (χ1) is 14.0. The molecule has 1 aliphatic rings. The van der Waals surface area contributed by atoms with Crippen molar-refractivity contribution in [2.24, 2.45) is 0 Å². The summed E-state index contributed by atoms with van der Waals surface area (Å²) in [6.45, 7) is 3.31. The van der Waals surface area contributed by atoms with Gasteiger partial charge >= 0.3 is 0 Å². The lowest BCUT2D eigenvalue weighted by atomic mass is 10.1. The Morgan fingerprint density at radius 1 is 0.931 bits per heavy atom. The number of nitrogens with zero attached hydrogens (tertiary/aromatic N) is 4. The molecule has 7 nitrogen and oxygen atoms in total. The summed E-state index contributed by atoms with van der Waals surface area (Å²) in [5.41, 5.74) is 2.14. The van der Waals surface area contributed by atoms with E-state index < -0.39 is 5.82 Å². The number of piperazine rings is 1. The Labute approximate surface area is 166 Å². The molecule has 0 unspecified atom stereocenters. The molecule has 1 saturated heterocycles. The third kappa shape index (κ3) is 3.87. The van der Waals surface area contributed by atoms with Crippen LogP contribution in [-0.4, -0.2) is 57.9 Å². The Balaban J connectivity index is 1.38. The van der Waals surface area contributed by atoms with E-state index in [-0.39, 0.29) is 11.8 Å². The van der Waals surface area contributed by atoms with E-state index in [1.807, 2.05) is 0 Å². The standard InChI is InChI=1S/C21H19FN4O3/c1-14-2-3-17(12-18(14)22)21(28)26-10-8-25(9-11-26)20(27)16-6-4-15(5-7-16)19-23-13-29-24-19/h2-7,12-13H,8-11H2,1H3. The third-order valence-corrected chi connectivity index (χ3v) is 5.02. The summed E-state index contributed by atoms with van der Waals surface area (Å²) in [7, 11) is 0. The zero-order valence-electron chi connectivity index (χ0n) is 15.8. The first-order valence-electron chi connectivity index (χ1n) is 9.24. The van der Waals surface area contributed by atoms with Crippen molar-refractivity contribution in [3.05, 3.63) is 71.4 Å². The number of aromatic nitrogens is 2. The lowest BCUT2D eigenvalue weighted by molar-refractivity contribution is 0.0535. The summed E-state index contributed by atoms with van der Waals surface area (Å²) in [6, 6.07) is 11.5. The predicted octanol–water partition coefficient (Wildman–Crippen LogP) is 2.78. The summed E-state index contributed by atoms with van der Waals surface area (Å²) in [5.74, 6) is -0.254. The van der Waals surface area contributed by atoms with Crippen molar-refractivity contribution in [1.82, 2.24) is 19.9 Å². The van der Waals surface area contributed by atoms with Crippen molar-refractivity contribution in [1.29, 1.82) is 0 Å². The van der Waals surface area contributed by atoms with Gasteiger partial charge in [0, 0.05) is 42.9 Å². The number of aryl methyl sites for hydroxylation is 1. The maximum absolute atomic E-state index is 13.7. The van der Waals surface area contributed by atoms with E-state index in [1.165, 1.54) is 12.5 Å². The summed E-state index contributed by atoms with van der Waals surface area (Å²) in [6.07, 6.45) is 1.25. The quantitative estimate of drug-likeness (QED) is 0.683. The number of halogens is 1. The summed E-state index contributed by atoms with van der Waals surface area (Å²) < 4.78 is 18.5. The lowest BCUT2D eigenvalue weighted by Gasteiger charge is -2.35. The van der Waals surface area contributed by atoms with Gasteiger partial charge < -0.3 is 14.3 Å². The van der Waals surface area contributed by atoms with Gasteiger partial charge in [0.25, 0.3) is 11.8 Å². The fourth-order valence-corrected chi connectivity index (χ4v) is 3.26. The molecular formula is C21H19FN4O3. The smallest absolute Gasteiger partial charge is 0.254 e. The van der Waals surface area contributed by atoms with Gasteiger partial charge in [-0.05, 0) is 36.8 Å². The lowest BCUT2D eigenvalue weighted by Crippen LogP contribution is -2.50. The molecule has 0 spiro atoms. The van der Waals surface area contributed by atoms with Crippen LogP contribution in [0.2, 0.25) is 0 Å². The number of carbonyl (C=O) groups excluding carboxylic acids is 2. The molecule has 1 aliphatic heterocycles. The maximum atomic E-state index is 13.7. The molecule has 0 bridgehead atoms. The molecule has 0 saturated carbocycles. The molecular weight excluding hydrogens is 375 g/mol. The van der Waals surface area contributed by atoms with E-state index in [0.29, 0.717) is 48.7 Å². The van der Waals surface area contributed by atoms with E-state index in [4.69, 9.17) is 4.52 Å². The predicted molar refractivity (Wildman–Crippen MR) is 103 cm³/mol. The van der Waals surface area contributed by atoms with Gasteiger partial charge in [-0.2, -0.15) is 4.98 Å². The van der Waals surface area contributed by atoms with Crippen LogP contribution in [0.3, 0.4) is 0 Å². The molecule has 2 aromatic carbocycles. The van der Waals surface area contributed by atoms with Gasteiger partial charge in [0.05, 0.1) is 0 Å². The largest absolute Gasteiger partial charge is 0.342 e. The van der Waals surface area contributed by atoms with E-state index in [2.05, 4.69) is 10.1 Å². The molecule has 29 heavy (non-hydrogen) atoms. The monoisotopic (exact) mass is 394 g/mol. The second kappa shape index (κ2) is 7.83. The molecule has 0 aliphatic carbocycles. The minimum atomic E-state index is -0.395. The minimum Gasteiger partial charge on any atom is -0.342 e. The van der Waals surface area contributed by atoms with E-state index >= 15 is 0 Å². The van der Waals surface area contributed by atoms with Crippen LogP contribution in [0.15, 0.2) is 53.4 Å². The van der Waals surface area contributed by atoms with Crippen LogP contribution in [0.25, 0.3) is 11.4 Å². The molecule has 0 radical (unpaired) electrons. The number of hydrogen-bond donors (Lipinski definition) is 0. The average molecular weight is 394 g/mol. The molecule has 0 N–H and O–H groups in total.